The molecule has 0 saturated carbocycles. The lowest BCUT2D eigenvalue weighted by Gasteiger charge is -2.33. The average Bonchev–Trinajstić information content (AvgIpc) is 2.49. The number of hydrogen-bond donors (Lipinski definition) is 1. The van der Waals surface area contributed by atoms with E-state index in [4.69, 9.17) is 17.3 Å². The number of carbonyl (C=O) groups is 1. The first kappa shape index (κ1) is 16.7. The van der Waals surface area contributed by atoms with Gasteiger partial charge in [0.25, 0.3) is 5.69 Å². The zero-order valence-corrected chi connectivity index (χ0v) is 13.3. The van der Waals surface area contributed by atoms with Crippen LogP contribution in [0.3, 0.4) is 0 Å². The zero-order valence-electron chi connectivity index (χ0n) is 12.5. The van der Waals surface area contributed by atoms with Gasteiger partial charge in [0.1, 0.15) is 0 Å². The van der Waals surface area contributed by atoms with Crippen LogP contribution in [0.25, 0.3) is 0 Å². The molecule has 1 aliphatic rings. The van der Waals surface area contributed by atoms with Crippen LogP contribution in [0.1, 0.15) is 25.3 Å². The van der Waals surface area contributed by atoms with Gasteiger partial charge in [-0.3, -0.25) is 14.9 Å². The Morgan fingerprint density at radius 2 is 2.14 bits per heavy atom. The van der Waals surface area contributed by atoms with E-state index in [2.05, 4.69) is 0 Å². The highest BCUT2D eigenvalue weighted by Crippen LogP contribution is 2.24. The molecule has 0 bridgehead atoms. The molecule has 0 spiro atoms. The highest BCUT2D eigenvalue weighted by atomic mass is 35.5. The number of nitrogens with zero attached hydrogens (tertiary/aromatic N) is 2. The second kappa shape index (κ2) is 7.07. The Bertz CT molecular complexity index is 569. The zero-order chi connectivity index (χ0) is 16.3. The van der Waals surface area contributed by atoms with Crippen LogP contribution in [0.15, 0.2) is 18.2 Å². The van der Waals surface area contributed by atoms with E-state index >= 15 is 0 Å². The summed E-state index contributed by atoms with van der Waals surface area (Å²) >= 11 is 6.03. The standard InChI is InChI=1S/C15H20ClN3O3/c1-10(17)11-4-6-18(7-5-11)15(20)8-12-2-3-13(19(21)22)9-14(12)16/h2-3,9-11H,4-8,17H2,1H3. The number of nitro groups is 1. The average molecular weight is 326 g/mol. The van der Waals surface area contributed by atoms with Crippen LogP contribution in [0.2, 0.25) is 5.02 Å². The number of carbonyl (C=O) groups excluding carboxylic acids is 1. The highest BCUT2D eigenvalue weighted by molar-refractivity contribution is 6.31. The van der Waals surface area contributed by atoms with Crippen molar-refractivity contribution in [2.45, 2.75) is 32.2 Å². The fourth-order valence-corrected chi connectivity index (χ4v) is 2.98. The molecule has 1 fully saturated rings. The molecule has 1 heterocycles. The molecular weight excluding hydrogens is 306 g/mol. The number of rotatable bonds is 4. The van der Waals surface area contributed by atoms with Gasteiger partial charge in [-0.25, -0.2) is 0 Å². The molecule has 22 heavy (non-hydrogen) atoms. The summed E-state index contributed by atoms with van der Waals surface area (Å²) in [6.07, 6.45) is 1.99. The van der Waals surface area contributed by atoms with Crippen LogP contribution in [0.4, 0.5) is 5.69 Å². The van der Waals surface area contributed by atoms with Crippen molar-refractivity contribution in [2.75, 3.05) is 13.1 Å². The topological polar surface area (TPSA) is 89.5 Å². The quantitative estimate of drug-likeness (QED) is 0.679. The van der Waals surface area contributed by atoms with Crippen molar-refractivity contribution in [2.24, 2.45) is 11.7 Å². The van der Waals surface area contributed by atoms with E-state index in [1.165, 1.54) is 12.1 Å². The van der Waals surface area contributed by atoms with Crippen molar-refractivity contribution in [3.05, 3.63) is 38.9 Å². The fraction of sp³-hybridized carbons (Fsp3) is 0.533. The second-order valence-electron chi connectivity index (χ2n) is 5.79. The van der Waals surface area contributed by atoms with Gasteiger partial charge in [-0.15, -0.1) is 0 Å². The normalized spacial score (nSPS) is 17.3. The molecule has 7 heteroatoms. The monoisotopic (exact) mass is 325 g/mol. The third kappa shape index (κ3) is 3.96. The van der Waals surface area contributed by atoms with Crippen molar-refractivity contribution in [1.29, 1.82) is 0 Å². The van der Waals surface area contributed by atoms with E-state index in [1.807, 2.05) is 11.8 Å². The molecule has 6 nitrogen and oxygen atoms in total. The van der Waals surface area contributed by atoms with Crippen molar-refractivity contribution in [3.8, 4) is 0 Å². The van der Waals surface area contributed by atoms with Gasteiger partial charge < -0.3 is 10.6 Å². The van der Waals surface area contributed by atoms with E-state index in [9.17, 15) is 14.9 Å². The Kier molecular flexibility index (Phi) is 5.37. The molecule has 1 saturated heterocycles. The molecule has 0 radical (unpaired) electrons. The Labute approximate surface area is 134 Å². The van der Waals surface area contributed by atoms with E-state index in [0.29, 0.717) is 24.6 Å². The van der Waals surface area contributed by atoms with E-state index in [-0.39, 0.29) is 29.1 Å². The first-order valence-electron chi connectivity index (χ1n) is 7.34. The van der Waals surface area contributed by atoms with Crippen LogP contribution >= 0.6 is 11.6 Å². The molecule has 1 aromatic rings. The van der Waals surface area contributed by atoms with Gasteiger partial charge in [0.05, 0.1) is 16.4 Å². The number of amides is 1. The van der Waals surface area contributed by atoms with Gasteiger partial charge >= 0.3 is 0 Å². The first-order chi connectivity index (χ1) is 10.4. The summed E-state index contributed by atoms with van der Waals surface area (Å²) in [7, 11) is 0. The lowest BCUT2D eigenvalue weighted by atomic mass is 9.91. The summed E-state index contributed by atoms with van der Waals surface area (Å²) in [5.41, 5.74) is 6.44. The summed E-state index contributed by atoms with van der Waals surface area (Å²) in [6.45, 7) is 3.41. The molecule has 0 aliphatic carbocycles. The number of nitrogens with two attached hydrogens (primary N) is 1. The van der Waals surface area contributed by atoms with Crippen molar-refractivity contribution in [1.82, 2.24) is 4.90 Å². The second-order valence-corrected chi connectivity index (χ2v) is 6.19. The van der Waals surface area contributed by atoms with Gasteiger partial charge in [0.2, 0.25) is 5.91 Å². The lowest BCUT2D eigenvalue weighted by molar-refractivity contribution is -0.384. The molecule has 1 atom stereocenters. The van der Waals surface area contributed by atoms with Crippen LogP contribution < -0.4 is 5.73 Å². The summed E-state index contributed by atoms with van der Waals surface area (Å²) in [5.74, 6) is 0.464. The fourth-order valence-electron chi connectivity index (χ4n) is 2.74. The van der Waals surface area contributed by atoms with Gasteiger partial charge in [-0.05, 0) is 31.2 Å². The molecule has 1 unspecified atom stereocenters. The summed E-state index contributed by atoms with van der Waals surface area (Å²) < 4.78 is 0. The van der Waals surface area contributed by atoms with Crippen molar-refractivity contribution >= 4 is 23.2 Å². The minimum atomic E-state index is -0.504. The molecule has 120 valence electrons. The molecule has 1 aliphatic heterocycles. The van der Waals surface area contributed by atoms with Crippen LogP contribution in [-0.2, 0) is 11.2 Å². The van der Waals surface area contributed by atoms with Crippen LogP contribution in [0.5, 0.6) is 0 Å². The van der Waals surface area contributed by atoms with Crippen molar-refractivity contribution in [3.63, 3.8) is 0 Å². The minimum absolute atomic E-state index is 0.00104. The number of likely N-dealkylation sites (tertiary alicyclic amines) is 1. The third-order valence-electron chi connectivity index (χ3n) is 4.23. The predicted molar refractivity (Wildman–Crippen MR) is 84.8 cm³/mol. The van der Waals surface area contributed by atoms with Gasteiger partial charge in [-0.2, -0.15) is 0 Å². The molecule has 1 aromatic carbocycles. The Morgan fingerprint density at radius 1 is 1.50 bits per heavy atom. The molecule has 2 rings (SSSR count). The Hall–Kier alpha value is -1.66. The van der Waals surface area contributed by atoms with Crippen LogP contribution in [0, 0.1) is 16.0 Å². The third-order valence-corrected chi connectivity index (χ3v) is 4.58. The maximum atomic E-state index is 12.3. The number of non-ortho nitro benzene ring substituents is 1. The minimum Gasteiger partial charge on any atom is -0.342 e. The summed E-state index contributed by atoms with van der Waals surface area (Å²) in [6, 6.07) is 4.36. The predicted octanol–water partition coefficient (Wildman–Crippen LogP) is 2.38. The number of piperidine rings is 1. The summed E-state index contributed by atoms with van der Waals surface area (Å²) in [5, 5.41) is 10.9. The number of benzene rings is 1. The number of nitro benzene ring substituents is 1. The van der Waals surface area contributed by atoms with Gasteiger partial charge in [0.15, 0.2) is 0 Å². The van der Waals surface area contributed by atoms with E-state index in [1.54, 1.807) is 6.07 Å². The van der Waals surface area contributed by atoms with E-state index < -0.39 is 4.92 Å². The molecule has 1 amide bonds. The lowest BCUT2D eigenvalue weighted by Crippen LogP contribution is -2.43. The highest BCUT2D eigenvalue weighted by Gasteiger charge is 2.25. The number of hydrogen-bond acceptors (Lipinski definition) is 4. The first-order valence-corrected chi connectivity index (χ1v) is 7.72. The molecule has 2 N–H and O–H groups in total. The molecule has 0 aromatic heterocycles. The van der Waals surface area contributed by atoms with Crippen LogP contribution in [-0.4, -0.2) is 34.9 Å². The van der Waals surface area contributed by atoms with Crippen molar-refractivity contribution < 1.29 is 9.72 Å². The summed E-state index contributed by atoms with van der Waals surface area (Å²) in [4.78, 5) is 24.3. The Morgan fingerprint density at radius 3 is 2.64 bits per heavy atom. The van der Waals surface area contributed by atoms with Gasteiger partial charge in [0, 0.05) is 31.3 Å². The maximum absolute atomic E-state index is 12.3. The largest absolute Gasteiger partial charge is 0.342 e. The number of halogens is 1. The van der Waals surface area contributed by atoms with Gasteiger partial charge in [-0.1, -0.05) is 17.7 Å². The SMILES string of the molecule is CC(N)C1CCN(C(=O)Cc2ccc([N+](=O)[O-])cc2Cl)CC1. The Balaban J connectivity index is 1.97. The van der Waals surface area contributed by atoms with E-state index in [0.717, 1.165) is 12.8 Å². The smallest absolute Gasteiger partial charge is 0.270 e. The molecular formula is C15H20ClN3O3. The maximum Gasteiger partial charge on any atom is 0.270 e.